The molecule has 7 heteroatoms. The normalized spacial score (nSPS) is 15.4. The third kappa shape index (κ3) is 3.54. The number of carbonyl (C=O) groups is 1. The summed E-state index contributed by atoms with van der Waals surface area (Å²) in [7, 11) is -0.860. The number of methoxy groups -OCH3 is 1. The Kier molecular flexibility index (Phi) is 4.53. The Bertz CT molecular complexity index is 638. The Hall–Kier alpha value is -1.60. The smallest absolute Gasteiger partial charge is 0.253 e. The lowest BCUT2D eigenvalue weighted by Gasteiger charge is -2.30. The van der Waals surface area contributed by atoms with Crippen LogP contribution in [0, 0.1) is 5.92 Å². The van der Waals surface area contributed by atoms with Crippen molar-refractivity contribution >= 4 is 15.9 Å². The lowest BCUT2D eigenvalue weighted by molar-refractivity contribution is 0.0745. The van der Waals surface area contributed by atoms with Crippen LogP contribution in [0.3, 0.4) is 0 Å². The molecule has 21 heavy (non-hydrogen) atoms. The fourth-order valence-electron chi connectivity index (χ4n) is 2.40. The highest BCUT2D eigenvalue weighted by molar-refractivity contribution is 7.89. The molecule has 1 amide bonds. The van der Waals surface area contributed by atoms with Crippen molar-refractivity contribution in [1.82, 2.24) is 4.90 Å². The van der Waals surface area contributed by atoms with Crippen molar-refractivity contribution in [2.24, 2.45) is 11.1 Å². The van der Waals surface area contributed by atoms with Crippen molar-refractivity contribution in [2.45, 2.75) is 24.2 Å². The van der Waals surface area contributed by atoms with Crippen molar-refractivity contribution < 1.29 is 17.9 Å². The van der Waals surface area contributed by atoms with Crippen molar-refractivity contribution in [3.63, 3.8) is 0 Å². The van der Waals surface area contributed by atoms with Crippen LogP contribution in [0.2, 0.25) is 0 Å². The molecule has 0 bridgehead atoms. The summed E-state index contributed by atoms with van der Waals surface area (Å²) in [5.41, 5.74) is 0.293. The van der Waals surface area contributed by atoms with E-state index in [-0.39, 0.29) is 16.6 Å². The second kappa shape index (κ2) is 6.03. The van der Waals surface area contributed by atoms with E-state index in [4.69, 9.17) is 9.88 Å². The molecule has 1 aromatic carbocycles. The van der Waals surface area contributed by atoms with E-state index < -0.39 is 10.0 Å². The van der Waals surface area contributed by atoms with Crippen LogP contribution in [-0.2, 0) is 10.0 Å². The number of amides is 1. The standard InChI is InChI=1S/C14H20N2O4S/c1-16(9-10-4-3-5-10)14(17)11-6-7-12(20-2)13(8-11)21(15,18)19/h6-8,10H,3-5,9H2,1-2H3,(H2,15,18,19). The molecule has 1 aliphatic carbocycles. The fraction of sp³-hybridized carbons (Fsp3) is 0.500. The average Bonchev–Trinajstić information content (AvgIpc) is 2.40. The van der Waals surface area contributed by atoms with E-state index >= 15 is 0 Å². The van der Waals surface area contributed by atoms with Gasteiger partial charge in [0.15, 0.2) is 0 Å². The van der Waals surface area contributed by atoms with Gasteiger partial charge in [-0.15, -0.1) is 0 Å². The van der Waals surface area contributed by atoms with Gasteiger partial charge in [0.1, 0.15) is 10.6 Å². The Balaban J connectivity index is 2.24. The SMILES string of the molecule is COc1ccc(C(=O)N(C)CC2CCC2)cc1S(N)(=O)=O. The zero-order chi connectivity index (χ0) is 15.6. The molecule has 0 unspecified atom stereocenters. The molecule has 6 nitrogen and oxygen atoms in total. The topological polar surface area (TPSA) is 89.7 Å². The first-order valence-electron chi connectivity index (χ1n) is 6.79. The van der Waals surface area contributed by atoms with Crippen molar-refractivity contribution in [3.8, 4) is 5.75 Å². The Morgan fingerprint density at radius 3 is 2.57 bits per heavy atom. The Labute approximate surface area is 124 Å². The molecule has 0 aromatic heterocycles. The van der Waals surface area contributed by atoms with Crippen LogP contribution in [0.1, 0.15) is 29.6 Å². The van der Waals surface area contributed by atoms with Crippen LogP contribution < -0.4 is 9.88 Å². The molecular formula is C14H20N2O4S. The summed E-state index contributed by atoms with van der Waals surface area (Å²) >= 11 is 0. The van der Waals surface area contributed by atoms with Gasteiger partial charge in [-0.25, -0.2) is 13.6 Å². The van der Waals surface area contributed by atoms with E-state index in [1.54, 1.807) is 18.0 Å². The van der Waals surface area contributed by atoms with Crippen LogP contribution in [0.25, 0.3) is 0 Å². The Morgan fingerprint density at radius 2 is 2.10 bits per heavy atom. The van der Waals surface area contributed by atoms with E-state index in [1.807, 2.05) is 0 Å². The van der Waals surface area contributed by atoms with Gasteiger partial charge in [-0.2, -0.15) is 0 Å². The van der Waals surface area contributed by atoms with Gasteiger partial charge in [0.2, 0.25) is 10.0 Å². The van der Waals surface area contributed by atoms with Gasteiger partial charge >= 0.3 is 0 Å². The van der Waals surface area contributed by atoms with Crippen molar-refractivity contribution in [2.75, 3.05) is 20.7 Å². The number of nitrogens with zero attached hydrogens (tertiary/aromatic N) is 1. The molecule has 0 radical (unpaired) electrons. The number of hydrogen-bond donors (Lipinski definition) is 1. The molecule has 1 saturated carbocycles. The van der Waals surface area contributed by atoms with Crippen molar-refractivity contribution in [1.29, 1.82) is 0 Å². The number of rotatable bonds is 5. The zero-order valence-corrected chi connectivity index (χ0v) is 13.0. The number of benzene rings is 1. The monoisotopic (exact) mass is 312 g/mol. The van der Waals surface area contributed by atoms with Crippen LogP contribution in [-0.4, -0.2) is 39.9 Å². The highest BCUT2D eigenvalue weighted by Gasteiger charge is 2.23. The van der Waals surface area contributed by atoms with Crippen LogP contribution in [0.4, 0.5) is 0 Å². The third-order valence-electron chi connectivity index (χ3n) is 3.82. The summed E-state index contributed by atoms with van der Waals surface area (Å²) < 4.78 is 28.1. The average molecular weight is 312 g/mol. The molecule has 0 saturated heterocycles. The highest BCUT2D eigenvalue weighted by Crippen LogP contribution is 2.28. The maximum absolute atomic E-state index is 12.3. The van der Waals surface area contributed by atoms with Gasteiger partial charge in [-0.1, -0.05) is 6.42 Å². The maximum atomic E-state index is 12.3. The number of sulfonamides is 1. The van der Waals surface area contributed by atoms with E-state index in [1.165, 1.54) is 25.7 Å². The summed E-state index contributed by atoms with van der Waals surface area (Å²) in [6.45, 7) is 0.690. The van der Waals surface area contributed by atoms with Gasteiger partial charge < -0.3 is 9.64 Å². The molecule has 0 spiro atoms. The van der Waals surface area contributed by atoms with Gasteiger partial charge in [-0.3, -0.25) is 4.79 Å². The van der Waals surface area contributed by atoms with E-state index in [9.17, 15) is 13.2 Å². The van der Waals surface area contributed by atoms with Crippen LogP contribution in [0.5, 0.6) is 5.75 Å². The van der Waals surface area contributed by atoms with E-state index in [0.717, 1.165) is 12.8 Å². The number of carbonyl (C=O) groups excluding carboxylic acids is 1. The molecule has 1 fully saturated rings. The molecule has 0 heterocycles. The first-order chi connectivity index (χ1) is 9.82. The molecule has 2 N–H and O–H groups in total. The molecule has 2 rings (SSSR count). The Morgan fingerprint density at radius 1 is 1.43 bits per heavy atom. The quantitative estimate of drug-likeness (QED) is 0.885. The van der Waals surface area contributed by atoms with Crippen molar-refractivity contribution in [3.05, 3.63) is 23.8 Å². The van der Waals surface area contributed by atoms with E-state index in [0.29, 0.717) is 18.0 Å². The van der Waals surface area contributed by atoms with Gasteiger partial charge in [-0.05, 0) is 37.0 Å². The molecule has 0 atom stereocenters. The van der Waals surface area contributed by atoms with Gasteiger partial charge in [0.05, 0.1) is 7.11 Å². The molecule has 0 aliphatic heterocycles. The third-order valence-corrected chi connectivity index (χ3v) is 4.75. The first kappa shape index (κ1) is 15.8. The minimum atomic E-state index is -3.94. The fourth-order valence-corrected chi connectivity index (χ4v) is 3.12. The summed E-state index contributed by atoms with van der Waals surface area (Å²) in [6.07, 6.45) is 3.50. The van der Waals surface area contributed by atoms with Gasteiger partial charge in [0, 0.05) is 19.2 Å². The predicted octanol–water partition coefficient (Wildman–Crippen LogP) is 1.21. The second-order valence-corrected chi connectivity index (χ2v) is 6.92. The molecule has 1 aromatic rings. The minimum Gasteiger partial charge on any atom is -0.495 e. The highest BCUT2D eigenvalue weighted by atomic mass is 32.2. The molecule has 1 aliphatic rings. The summed E-state index contributed by atoms with van der Waals surface area (Å²) in [5, 5.41) is 5.16. The lowest BCUT2D eigenvalue weighted by atomic mass is 9.85. The maximum Gasteiger partial charge on any atom is 0.253 e. The lowest BCUT2D eigenvalue weighted by Crippen LogP contribution is -2.34. The number of primary sulfonamides is 1. The van der Waals surface area contributed by atoms with Gasteiger partial charge in [0.25, 0.3) is 5.91 Å². The summed E-state index contributed by atoms with van der Waals surface area (Å²) in [5.74, 6) is 0.472. The largest absolute Gasteiger partial charge is 0.495 e. The summed E-state index contributed by atoms with van der Waals surface area (Å²) in [6, 6.07) is 4.27. The van der Waals surface area contributed by atoms with E-state index in [2.05, 4.69) is 0 Å². The minimum absolute atomic E-state index is 0.135. The zero-order valence-electron chi connectivity index (χ0n) is 12.2. The second-order valence-electron chi connectivity index (χ2n) is 5.39. The number of hydrogen-bond acceptors (Lipinski definition) is 4. The molecular weight excluding hydrogens is 292 g/mol. The number of nitrogens with two attached hydrogens (primary N) is 1. The summed E-state index contributed by atoms with van der Waals surface area (Å²) in [4.78, 5) is 13.8. The first-order valence-corrected chi connectivity index (χ1v) is 8.34. The van der Waals surface area contributed by atoms with Crippen LogP contribution in [0.15, 0.2) is 23.1 Å². The molecule has 116 valence electrons. The number of ether oxygens (including phenoxy) is 1. The van der Waals surface area contributed by atoms with Crippen LogP contribution >= 0.6 is 0 Å². The predicted molar refractivity (Wildman–Crippen MR) is 78.7 cm³/mol.